The lowest BCUT2D eigenvalue weighted by molar-refractivity contribution is -0.103. The van der Waals surface area contributed by atoms with Crippen molar-refractivity contribution in [2.24, 2.45) is 11.8 Å². The zero-order chi connectivity index (χ0) is 18.3. The first-order valence-corrected chi connectivity index (χ1v) is 9.13. The van der Waals surface area contributed by atoms with Gasteiger partial charge in [0.2, 0.25) is 0 Å². The van der Waals surface area contributed by atoms with Crippen molar-refractivity contribution in [2.75, 3.05) is 6.26 Å². The number of aromatic nitrogens is 2. The summed E-state index contributed by atoms with van der Waals surface area (Å²) in [6.45, 7) is 5.39. The summed E-state index contributed by atoms with van der Waals surface area (Å²) >= 11 is 0. The van der Waals surface area contributed by atoms with Gasteiger partial charge in [-0.1, -0.05) is 20.8 Å². The van der Waals surface area contributed by atoms with Crippen LogP contribution in [0, 0.1) is 23.2 Å². The molecule has 1 aliphatic heterocycles. The second-order valence-corrected chi connectivity index (χ2v) is 7.80. The van der Waals surface area contributed by atoms with Crippen LogP contribution in [0.2, 0.25) is 0 Å². The maximum absolute atomic E-state index is 12.2. The number of nitrogens with zero attached hydrogens (tertiary/aromatic N) is 2. The van der Waals surface area contributed by atoms with Gasteiger partial charge in [-0.05, 0) is 5.92 Å². The van der Waals surface area contributed by atoms with E-state index in [2.05, 4.69) is 0 Å². The van der Waals surface area contributed by atoms with Crippen LogP contribution in [0.1, 0.15) is 20.8 Å². The first-order valence-electron chi connectivity index (χ1n) is 7.31. The summed E-state index contributed by atoms with van der Waals surface area (Å²) in [6.07, 6.45) is 0.197. The smallest absolute Gasteiger partial charge is 0.331 e. The van der Waals surface area contributed by atoms with E-state index < -0.39 is 45.2 Å². The van der Waals surface area contributed by atoms with Gasteiger partial charge in [0.25, 0.3) is 21.4 Å². The molecule has 0 bridgehead atoms. The van der Waals surface area contributed by atoms with Crippen LogP contribution in [-0.2, 0) is 24.8 Å². The van der Waals surface area contributed by atoms with Crippen LogP contribution in [0.25, 0.3) is 0 Å². The number of nitrogens with one attached hydrogen (secondary N) is 1. The molecule has 24 heavy (non-hydrogen) atoms. The average molecular weight is 357 g/mol. The molecule has 0 aliphatic carbocycles. The van der Waals surface area contributed by atoms with E-state index in [0.29, 0.717) is 0 Å². The average Bonchev–Trinajstić information content (AvgIpc) is 2.72. The quantitative estimate of drug-likeness (QED) is 0.735. The Morgan fingerprint density at radius 2 is 2.08 bits per heavy atom. The van der Waals surface area contributed by atoms with E-state index in [1.54, 1.807) is 6.92 Å². The lowest BCUT2D eigenvalue weighted by Crippen LogP contribution is -2.51. The molecule has 0 radical (unpaired) electrons. The van der Waals surface area contributed by atoms with E-state index in [0.717, 1.165) is 23.1 Å². The van der Waals surface area contributed by atoms with E-state index in [1.165, 1.54) is 0 Å². The van der Waals surface area contributed by atoms with Crippen molar-refractivity contribution in [2.45, 2.75) is 38.7 Å². The Morgan fingerprint density at radius 1 is 1.46 bits per heavy atom. The zero-order valence-electron chi connectivity index (χ0n) is 13.7. The monoisotopic (exact) mass is 357 g/mol. The summed E-state index contributed by atoms with van der Waals surface area (Å²) in [4.78, 5) is 25.5. The fourth-order valence-corrected chi connectivity index (χ4v) is 3.69. The predicted molar refractivity (Wildman–Crippen MR) is 83.5 cm³/mol. The Labute approximate surface area is 139 Å². The van der Waals surface area contributed by atoms with Crippen LogP contribution in [0.4, 0.5) is 0 Å². The molecule has 10 heteroatoms. The summed E-state index contributed by atoms with van der Waals surface area (Å²) in [5.74, 6) is -0.544. The van der Waals surface area contributed by atoms with Gasteiger partial charge in [0.1, 0.15) is 12.2 Å². The highest BCUT2D eigenvalue weighted by Gasteiger charge is 2.58. The molecule has 9 nitrogen and oxygen atoms in total. The highest BCUT2D eigenvalue weighted by Crippen LogP contribution is 2.43. The first kappa shape index (κ1) is 18.4. The number of ether oxygens (including phenoxy) is 1. The molecule has 1 aromatic heterocycles. The molecular formula is C14H19N3O6S. The molecule has 4 atom stereocenters. The third kappa shape index (κ3) is 3.15. The summed E-state index contributed by atoms with van der Waals surface area (Å²) in [6, 6.07) is 2.92. The molecule has 0 unspecified atom stereocenters. The summed E-state index contributed by atoms with van der Waals surface area (Å²) in [5.41, 5.74) is -3.53. The van der Waals surface area contributed by atoms with Crippen LogP contribution < -0.4 is 11.2 Å². The summed E-state index contributed by atoms with van der Waals surface area (Å²) < 4.78 is 35.1. The van der Waals surface area contributed by atoms with Crippen LogP contribution in [0.3, 0.4) is 0 Å². The van der Waals surface area contributed by atoms with Gasteiger partial charge >= 0.3 is 5.69 Å². The Bertz CT molecular complexity index is 881. The fourth-order valence-electron chi connectivity index (χ4n) is 3.01. The zero-order valence-corrected chi connectivity index (χ0v) is 14.5. The largest absolute Gasteiger partial charge is 0.337 e. The Morgan fingerprint density at radius 3 is 2.54 bits per heavy atom. The lowest BCUT2D eigenvalue weighted by Gasteiger charge is -2.29. The summed E-state index contributed by atoms with van der Waals surface area (Å²) in [7, 11) is -3.92. The molecular weight excluding hydrogens is 338 g/mol. The van der Waals surface area contributed by atoms with Gasteiger partial charge < -0.3 is 4.74 Å². The third-order valence-electron chi connectivity index (χ3n) is 3.97. The molecule has 2 heterocycles. The highest BCUT2D eigenvalue weighted by atomic mass is 32.2. The Balaban J connectivity index is 2.69. The molecule has 0 saturated carbocycles. The molecule has 2 rings (SSSR count). The van der Waals surface area contributed by atoms with E-state index in [-0.39, 0.29) is 5.92 Å². The molecule has 1 aromatic rings. The molecule has 1 saturated heterocycles. The Kier molecular flexibility index (Phi) is 4.72. The van der Waals surface area contributed by atoms with E-state index in [9.17, 15) is 23.3 Å². The van der Waals surface area contributed by atoms with Crippen molar-refractivity contribution in [3.05, 3.63) is 33.1 Å². The number of aromatic amines is 1. The molecule has 1 N–H and O–H groups in total. The number of hydrogen-bond donors (Lipinski definition) is 1. The second kappa shape index (κ2) is 6.16. The van der Waals surface area contributed by atoms with Gasteiger partial charge in [0.15, 0.2) is 0 Å². The van der Waals surface area contributed by atoms with Crippen molar-refractivity contribution in [3.63, 3.8) is 0 Å². The van der Waals surface area contributed by atoms with E-state index >= 15 is 0 Å². The van der Waals surface area contributed by atoms with Crippen molar-refractivity contribution in [1.29, 1.82) is 5.26 Å². The SMILES string of the molecule is CC(C)[C@H]1O[C@@](C#N)(n2ccc(=O)[nH]c2=O)[C@H](OS(C)(=O)=O)[C@@H]1C. The van der Waals surface area contributed by atoms with Crippen LogP contribution in [-0.4, -0.2) is 36.4 Å². The van der Waals surface area contributed by atoms with Crippen LogP contribution >= 0.6 is 0 Å². The van der Waals surface area contributed by atoms with Gasteiger partial charge in [-0.2, -0.15) is 13.7 Å². The van der Waals surface area contributed by atoms with E-state index in [1.807, 2.05) is 24.9 Å². The van der Waals surface area contributed by atoms with Gasteiger partial charge in [-0.25, -0.2) is 4.79 Å². The number of H-pyrrole nitrogens is 1. The minimum atomic E-state index is -3.92. The number of nitriles is 1. The maximum Gasteiger partial charge on any atom is 0.331 e. The lowest BCUT2D eigenvalue weighted by atomic mass is 9.90. The second-order valence-electron chi connectivity index (χ2n) is 6.19. The normalized spacial score (nSPS) is 30.4. The third-order valence-corrected chi connectivity index (χ3v) is 4.53. The molecule has 1 fully saturated rings. The van der Waals surface area contributed by atoms with E-state index in [4.69, 9.17) is 8.92 Å². The van der Waals surface area contributed by atoms with Gasteiger partial charge in [-0.3, -0.25) is 18.5 Å². The van der Waals surface area contributed by atoms with Crippen molar-refractivity contribution in [1.82, 2.24) is 9.55 Å². The summed E-state index contributed by atoms with van der Waals surface area (Å²) in [5, 5.41) is 9.75. The Hall–Kier alpha value is -1.96. The van der Waals surface area contributed by atoms with Gasteiger partial charge in [0.05, 0.1) is 12.4 Å². The number of rotatable bonds is 4. The fraction of sp³-hybridized carbons (Fsp3) is 0.643. The molecule has 0 aromatic carbocycles. The van der Waals surface area contributed by atoms with Crippen molar-refractivity contribution < 1.29 is 17.3 Å². The minimum Gasteiger partial charge on any atom is -0.337 e. The standard InChI is InChI=1S/C14H19N3O6S/c1-8(2)11-9(3)12(23-24(4,20)21)14(7-15,22-11)17-6-5-10(18)16-13(17)19/h5-6,8-9,11-12H,1-4H3,(H,16,18,19)/t9-,11-,12-,14-/m1/s1. The molecule has 0 amide bonds. The van der Waals surface area contributed by atoms with Crippen LogP contribution in [0.5, 0.6) is 0 Å². The van der Waals surface area contributed by atoms with Crippen LogP contribution in [0.15, 0.2) is 21.9 Å². The molecule has 132 valence electrons. The minimum absolute atomic E-state index is 0.0562. The molecule has 0 spiro atoms. The predicted octanol–water partition coefficient (Wildman–Crippen LogP) is -0.251. The highest BCUT2D eigenvalue weighted by molar-refractivity contribution is 7.86. The topological polar surface area (TPSA) is 131 Å². The maximum atomic E-state index is 12.2. The first-order chi connectivity index (χ1) is 11.0. The van der Waals surface area contributed by atoms with Crippen molar-refractivity contribution in [3.8, 4) is 6.07 Å². The van der Waals surface area contributed by atoms with Gasteiger partial charge in [0, 0.05) is 18.2 Å². The van der Waals surface area contributed by atoms with Crippen molar-refractivity contribution >= 4 is 10.1 Å². The molecule has 1 aliphatic rings. The number of hydrogen-bond acceptors (Lipinski definition) is 7. The van der Waals surface area contributed by atoms with Gasteiger partial charge in [-0.15, -0.1) is 0 Å².